The number of hydrogen-bond acceptors (Lipinski definition) is 4. The molecule has 0 heterocycles. The number of rotatable bonds is 4. The van der Waals surface area contributed by atoms with Gasteiger partial charge < -0.3 is 9.47 Å². The van der Waals surface area contributed by atoms with Crippen LogP contribution in [0.25, 0.3) is 22.4 Å². The van der Waals surface area contributed by atoms with Crippen LogP contribution in [0.15, 0.2) is 48.5 Å². The molecule has 0 atom stereocenters. The van der Waals surface area contributed by atoms with Gasteiger partial charge in [-0.05, 0) is 64.7 Å². The average Bonchev–Trinajstić information content (AvgIpc) is 3.30. The van der Waals surface area contributed by atoms with Crippen LogP contribution in [0.4, 0.5) is 5.69 Å². The molecule has 3 aromatic rings. The number of non-ortho nitro benzene ring substituents is 1. The Balaban J connectivity index is 1.76. The minimum absolute atomic E-state index is 0.0932. The fourth-order valence-electron chi connectivity index (χ4n) is 3.10. The molecule has 0 amide bonds. The van der Waals surface area contributed by atoms with Crippen LogP contribution >= 0.6 is 0 Å². The lowest BCUT2D eigenvalue weighted by atomic mass is 10.1. The summed E-state index contributed by atoms with van der Waals surface area (Å²) in [6.07, 6.45) is 2.03. The van der Waals surface area contributed by atoms with Gasteiger partial charge in [-0.3, -0.25) is 10.1 Å². The van der Waals surface area contributed by atoms with Crippen LogP contribution in [0.2, 0.25) is 0 Å². The Morgan fingerprint density at radius 2 is 1.40 bits per heavy atom. The summed E-state index contributed by atoms with van der Waals surface area (Å²) < 4.78 is 10.9. The minimum atomic E-state index is -0.395. The number of fused-ring (bicyclic) bond motifs is 2. The molecule has 5 nitrogen and oxygen atoms in total. The van der Waals surface area contributed by atoms with Crippen molar-refractivity contribution >= 4 is 28.1 Å². The molecule has 0 aromatic heterocycles. The summed E-state index contributed by atoms with van der Waals surface area (Å²) in [5.74, 6) is 1.61. The van der Waals surface area contributed by atoms with Crippen LogP contribution in [-0.2, 0) is 0 Å². The van der Waals surface area contributed by atoms with Crippen molar-refractivity contribution in [2.45, 2.75) is 0 Å². The van der Waals surface area contributed by atoms with Gasteiger partial charge in [-0.2, -0.15) is 0 Å². The zero-order valence-electron chi connectivity index (χ0n) is 13.8. The van der Waals surface area contributed by atoms with Crippen molar-refractivity contribution in [3.8, 4) is 11.5 Å². The highest BCUT2D eigenvalue weighted by Crippen LogP contribution is 2.48. The maximum atomic E-state index is 10.7. The lowest BCUT2D eigenvalue weighted by molar-refractivity contribution is -0.384. The van der Waals surface area contributed by atoms with Crippen LogP contribution in [0.3, 0.4) is 0 Å². The van der Waals surface area contributed by atoms with Crippen LogP contribution in [0.5, 0.6) is 11.5 Å². The average molecular weight is 333 g/mol. The Labute approximate surface area is 144 Å². The van der Waals surface area contributed by atoms with Crippen LogP contribution in [0.1, 0.15) is 16.7 Å². The number of nitro groups is 1. The number of methoxy groups -OCH3 is 2. The molecule has 0 saturated carbocycles. The maximum Gasteiger partial charge on any atom is 0.269 e. The van der Waals surface area contributed by atoms with Gasteiger partial charge in [0.2, 0.25) is 0 Å². The van der Waals surface area contributed by atoms with Crippen molar-refractivity contribution in [3.63, 3.8) is 0 Å². The highest BCUT2D eigenvalue weighted by Gasteiger charge is 2.27. The third-order valence-corrected chi connectivity index (χ3v) is 4.45. The molecule has 25 heavy (non-hydrogen) atoms. The molecular formula is C20H15NO4. The van der Waals surface area contributed by atoms with E-state index in [-0.39, 0.29) is 5.69 Å². The molecule has 0 saturated heterocycles. The summed E-state index contributed by atoms with van der Waals surface area (Å²) >= 11 is 0. The SMILES string of the molecule is COc1ccc(OC)c2cc3c(cc12)C3=Cc1ccc([N+](=O)[O-])cc1. The topological polar surface area (TPSA) is 61.6 Å². The largest absolute Gasteiger partial charge is 0.496 e. The standard InChI is InChI=1S/C20H15NO4/c1-24-19-7-8-20(25-2)18-11-16-14(15(16)10-17(18)19)9-12-3-5-13(6-4-12)21(22)23/h3-11H,1-2H3. The van der Waals surface area contributed by atoms with Crippen molar-refractivity contribution in [1.29, 1.82) is 0 Å². The molecule has 0 unspecified atom stereocenters. The molecular weight excluding hydrogens is 318 g/mol. The summed E-state index contributed by atoms with van der Waals surface area (Å²) in [5, 5.41) is 12.8. The number of ether oxygens (including phenoxy) is 2. The minimum Gasteiger partial charge on any atom is -0.496 e. The lowest BCUT2D eigenvalue weighted by Gasteiger charge is -2.08. The molecule has 0 fully saturated rings. The molecule has 1 aliphatic rings. The van der Waals surface area contributed by atoms with Crippen LogP contribution in [-0.4, -0.2) is 19.1 Å². The van der Waals surface area contributed by atoms with Crippen LogP contribution in [0, 0.1) is 10.1 Å². The van der Waals surface area contributed by atoms with E-state index in [0.717, 1.165) is 44.5 Å². The van der Waals surface area contributed by atoms with Gasteiger partial charge in [0.1, 0.15) is 11.5 Å². The van der Waals surface area contributed by atoms with Crippen molar-refractivity contribution in [1.82, 2.24) is 0 Å². The third kappa shape index (κ3) is 2.50. The molecule has 0 N–H and O–H groups in total. The van der Waals surface area contributed by atoms with Gasteiger partial charge >= 0.3 is 0 Å². The number of benzene rings is 3. The smallest absolute Gasteiger partial charge is 0.269 e. The maximum absolute atomic E-state index is 10.7. The summed E-state index contributed by atoms with van der Waals surface area (Å²) in [7, 11) is 3.31. The number of nitrogens with zero attached hydrogens (tertiary/aromatic N) is 1. The quantitative estimate of drug-likeness (QED) is 0.402. The lowest BCUT2D eigenvalue weighted by Crippen LogP contribution is -1.88. The van der Waals surface area contributed by atoms with E-state index in [1.807, 2.05) is 18.2 Å². The highest BCUT2D eigenvalue weighted by molar-refractivity contribution is 6.13. The predicted octanol–water partition coefficient (Wildman–Crippen LogP) is 4.67. The molecule has 124 valence electrons. The second kappa shape index (κ2) is 5.63. The monoisotopic (exact) mass is 333 g/mol. The first kappa shape index (κ1) is 15.2. The van der Waals surface area contributed by atoms with E-state index >= 15 is 0 Å². The molecule has 5 heteroatoms. The normalized spacial score (nSPS) is 11.8. The first-order valence-electron chi connectivity index (χ1n) is 7.78. The van der Waals surface area contributed by atoms with Crippen molar-refractivity contribution in [2.24, 2.45) is 0 Å². The Morgan fingerprint density at radius 3 is 1.84 bits per heavy atom. The van der Waals surface area contributed by atoms with E-state index in [4.69, 9.17) is 9.47 Å². The summed E-state index contributed by atoms with van der Waals surface area (Å²) in [5.41, 5.74) is 4.49. The fraction of sp³-hybridized carbons (Fsp3) is 0.100. The van der Waals surface area contributed by atoms with Gasteiger partial charge in [0.05, 0.1) is 19.1 Å². The first-order chi connectivity index (χ1) is 12.1. The van der Waals surface area contributed by atoms with Gasteiger partial charge in [0, 0.05) is 22.9 Å². The van der Waals surface area contributed by atoms with Crippen molar-refractivity contribution < 1.29 is 14.4 Å². The van der Waals surface area contributed by atoms with E-state index in [2.05, 4.69) is 12.1 Å². The third-order valence-electron chi connectivity index (χ3n) is 4.45. The predicted molar refractivity (Wildman–Crippen MR) is 97.1 cm³/mol. The number of hydrogen-bond donors (Lipinski definition) is 0. The van der Waals surface area contributed by atoms with E-state index in [0.29, 0.717) is 0 Å². The Morgan fingerprint density at radius 1 is 0.880 bits per heavy atom. The summed E-state index contributed by atoms with van der Waals surface area (Å²) in [6, 6.07) is 14.5. The van der Waals surface area contributed by atoms with E-state index in [1.54, 1.807) is 26.4 Å². The molecule has 4 rings (SSSR count). The molecule has 0 spiro atoms. The van der Waals surface area contributed by atoms with Gasteiger partial charge in [-0.15, -0.1) is 0 Å². The summed E-state index contributed by atoms with van der Waals surface area (Å²) in [4.78, 5) is 10.4. The van der Waals surface area contributed by atoms with Gasteiger partial charge in [-0.1, -0.05) is 0 Å². The van der Waals surface area contributed by atoms with E-state index in [9.17, 15) is 10.1 Å². The van der Waals surface area contributed by atoms with Gasteiger partial charge in [0.25, 0.3) is 5.69 Å². The molecule has 3 aromatic carbocycles. The van der Waals surface area contributed by atoms with Gasteiger partial charge in [-0.25, -0.2) is 0 Å². The zero-order valence-corrected chi connectivity index (χ0v) is 13.8. The summed E-state index contributed by atoms with van der Waals surface area (Å²) in [6.45, 7) is 0. The molecule has 1 aliphatic carbocycles. The highest BCUT2D eigenvalue weighted by atomic mass is 16.6. The first-order valence-corrected chi connectivity index (χ1v) is 7.78. The zero-order chi connectivity index (χ0) is 17.6. The van der Waals surface area contributed by atoms with Crippen molar-refractivity contribution in [3.05, 3.63) is 75.3 Å². The Kier molecular flexibility index (Phi) is 3.42. The van der Waals surface area contributed by atoms with Gasteiger partial charge in [0.15, 0.2) is 0 Å². The fourth-order valence-corrected chi connectivity index (χ4v) is 3.10. The van der Waals surface area contributed by atoms with E-state index in [1.165, 1.54) is 12.1 Å². The number of nitro benzene ring substituents is 1. The second-order valence-electron chi connectivity index (χ2n) is 5.82. The van der Waals surface area contributed by atoms with E-state index < -0.39 is 4.92 Å². The Hall–Kier alpha value is -3.34. The van der Waals surface area contributed by atoms with Crippen LogP contribution < -0.4 is 9.47 Å². The second-order valence-corrected chi connectivity index (χ2v) is 5.82. The molecule has 0 bridgehead atoms. The Bertz CT molecular complexity index is 983. The van der Waals surface area contributed by atoms with Crippen molar-refractivity contribution in [2.75, 3.05) is 14.2 Å². The molecule has 0 radical (unpaired) electrons. The molecule has 0 aliphatic heterocycles.